The van der Waals surface area contributed by atoms with Crippen LogP contribution in [0.3, 0.4) is 0 Å². The zero-order valence-electron chi connectivity index (χ0n) is 14.8. The first-order valence-electron chi connectivity index (χ1n) is 7.74. The van der Waals surface area contributed by atoms with Crippen molar-refractivity contribution in [3.63, 3.8) is 0 Å². The van der Waals surface area contributed by atoms with Gasteiger partial charge in [-0.2, -0.15) is 5.10 Å². The van der Waals surface area contributed by atoms with Gasteiger partial charge in [-0.15, -0.1) is 0 Å². The Bertz CT molecular complexity index is 912. The first-order chi connectivity index (χ1) is 13.2. The summed E-state index contributed by atoms with van der Waals surface area (Å²) < 4.78 is 7.69. The van der Waals surface area contributed by atoms with Crippen LogP contribution in [-0.4, -0.2) is 37.7 Å². The van der Waals surface area contributed by atoms with Crippen LogP contribution >= 0.6 is 47.8 Å². The van der Waals surface area contributed by atoms with Crippen molar-refractivity contribution >= 4 is 71.3 Å². The molecular formula is C17H15Br3N4O4. The van der Waals surface area contributed by atoms with Gasteiger partial charge in [0, 0.05) is 30.2 Å². The maximum atomic E-state index is 11.9. The van der Waals surface area contributed by atoms with E-state index in [2.05, 4.69) is 58.3 Å². The Morgan fingerprint density at radius 3 is 2.46 bits per heavy atom. The van der Waals surface area contributed by atoms with E-state index in [9.17, 15) is 14.9 Å². The highest BCUT2D eigenvalue weighted by Crippen LogP contribution is 2.36. The van der Waals surface area contributed by atoms with Gasteiger partial charge in [-0.05, 0) is 50.1 Å². The van der Waals surface area contributed by atoms with Crippen LogP contribution in [-0.2, 0) is 4.79 Å². The Morgan fingerprint density at radius 2 is 1.89 bits per heavy atom. The lowest BCUT2D eigenvalue weighted by molar-refractivity contribution is -0.384. The molecule has 0 aliphatic rings. The van der Waals surface area contributed by atoms with Crippen molar-refractivity contribution < 1.29 is 14.5 Å². The molecule has 2 aromatic rings. The lowest BCUT2D eigenvalue weighted by Gasteiger charge is -2.12. The lowest BCUT2D eigenvalue weighted by atomic mass is 10.2. The number of hydrazone groups is 1. The fraction of sp³-hybridized carbons (Fsp3) is 0.176. The Balaban J connectivity index is 1.98. The van der Waals surface area contributed by atoms with E-state index < -0.39 is 10.8 Å². The van der Waals surface area contributed by atoms with Gasteiger partial charge in [0.05, 0.1) is 20.1 Å². The van der Waals surface area contributed by atoms with E-state index >= 15 is 0 Å². The smallest absolute Gasteiger partial charge is 0.293 e. The monoisotopic (exact) mass is 576 g/mol. The highest BCUT2D eigenvalue weighted by molar-refractivity contribution is 9.11. The second-order valence-electron chi connectivity index (χ2n) is 5.68. The summed E-state index contributed by atoms with van der Waals surface area (Å²) in [6.45, 7) is -0.254. The number of ether oxygens (including phenoxy) is 1. The van der Waals surface area contributed by atoms with Crippen LogP contribution in [0.4, 0.5) is 11.4 Å². The minimum absolute atomic E-state index is 0.0476. The first kappa shape index (κ1) is 22.3. The van der Waals surface area contributed by atoms with Crippen LogP contribution in [0, 0.1) is 10.1 Å². The zero-order chi connectivity index (χ0) is 20.8. The predicted molar refractivity (Wildman–Crippen MR) is 118 cm³/mol. The number of nitro groups is 1. The minimum Gasteiger partial charge on any atom is -0.481 e. The number of halogens is 3. The van der Waals surface area contributed by atoms with Crippen molar-refractivity contribution in [2.45, 2.75) is 0 Å². The van der Waals surface area contributed by atoms with Crippen molar-refractivity contribution in [3.8, 4) is 5.75 Å². The maximum absolute atomic E-state index is 11.9. The third-order valence-electron chi connectivity index (χ3n) is 3.39. The van der Waals surface area contributed by atoms with Crippen molar-refractivity contribution in [1.82, 2.24) is 5.43 Å². The van der Waals surface area contributed by atoms with Crippen LogP contribution in [0.1, 0.15) is 5.56 Å². The highest BCUT2D eigenvalue weighted by atomic mass is 79.9. The Hall–Kier alpha value is -1.98. The molecule has 11 heteroatoms. The normalized spacial score (nSPS) is 10.8. The van der Waals surface area contributed by atoms with Crippen molar-refractivity contribution in [2.24, 2.45) is 5.10 Å². The predicted octanol–water partition coefficient (Wildman–Crippen LogP) is 4.48. The van der Waals surface area contributed by atoms with E-state index in [1.807, 2.05) is 0 Å². The summed E-state index contributed by atoms with van der Waals surface area (Å²) in [5.74, 6) is 0.00890. The molecule has 0 unspecified atom stereocenters. The number of nitrogens with zero attached hydrogens (tertiary/aromatic N) is 3. The number of anilines is 1. The average molecular weight is 579 g/mol. The van der Waals surface area contributed by atoms with Crippen molar-refractivity contribution in [2.75, 3.05) is 25.6 Å². The van der Waals surface area contributed by atoms with Gasteiger partial charge in [-0.25, -0.2) is 5.43 Å². The number of carbonyl (C=O) groups is 1. The fourth-order valence-corrected chi connectivity index (χ4v) is 4.65. The van der Waals surface area contributed by atoms with E-state index in [0.717, 1.165) is 4.47 Å². The Morgan fingerprint density at radius 1 is 1.25 bits per heavy atom. The van der Waals surface area contributed by atoms with Crippen LogP contribution in [0.15, 0.2) is 48.9 Å². The molecule has 0 spiro atoms. The molecule has 0 saturated heterocycles. The van der Waals surface area contributed by atoms with Gasteiger partial charge in [0.15, 0.2) is 6.61 Å². The standard InChI is InChI=1S/C17H15Br3N4O4/c1-23(2)14-4-3-10(5-15(14)24(26)27)8-21-22-16(25)9-28-17-12(19)6-11(18)7-13(17)20/h3-8H,9H2,1-2H3,(H,22,25)/b21-8-. The summed E-state index contributed by atoms with van der Waals surface area (Å²) in [5.41, 5.74) is 3.24. The third-order valence-corrected chi connectivity index (χ3v) is 5.03. The molecule has 0 aliphatic carbocycles. The number of benzene rings is 2. The fourth-order valence-electron chi connectivity index (χ4n) is 2.16. The van der Waals surface area contributed by atoms with Gasteiger partial charge < -0.3 is 9.64 Å². The Labute approximate surface area is 186 Å². The van der Waals surface area contributed by atoms with Crippen LogP contribution in [0.25, 0.3) is 0 Å². The lowest BCUT2D eigenvalue weighted by Crippen LogP contribution is -2.24. The molecule has 0 heterocycles. The largest absolute Gasteiger partial charge is 0.481 e. The van der Waals surface area contributed by atoms with Gasteiger partial charge in [-0.1, -0.05) is 22.0 Å². The summed E-state index contributed by atoms with van der Waals surface area (Å²) in [4.78, 5) is 24.3. The van der Waals surface area contributed by atoms with Gasteiger partial charge in [0.1, 0.15) is 11.4 Å². The molecule has 0 radical (unpaired) electrons. The first-order valence-corrected chi connectivity index (χ1v) is 10.1. The Kier molecular flexibility index (Phi) is 7.96. The van der Waals surface area contributed by atoms with Gasteiger partial charge in [0.25, 0.3) is 11.6 Å². The summed E-state index contributed by atoms with van der Waals surface area (Å²) in [5, 5.41) is 15.0. The van der Waals surface area contributed by atoms with E-state index in [0.29, 0.717) is 25.9 Å². The zero-order valence-corrected chi connectivity index (χ0v) is 19.5. The van der Waals surface area contributed by atoms with Crippen molar-refractivity contribution in [3.05, 3.63) is 59.4 Å². The van der Waals surface area contributed by atoms with E-state index in [1.165, 1.54) is 12.3 Å². The molecule has 1 N–H and O–H groups in total. The number of rotatable bonds is 7. The number of carbonyl (C=O) groups excluding carboxylic acids is 1. The third kappa shape index (κ3) is 6.01. The van der Waals surface area contributed by atoms with Crippen LogP contribution < -0.4 is 15.1 Å². The summed E-state index contributed by atoms with van der Waals surface area (Å²) >= 11 is 10.1. The summed E-state index contributed by atoms with van der Waals surface area (Å²) in [6.07, 6.45) is 1.33. The van der Waals surface area contributed by atoms with Crippen molar-refractivity contribution in [1.29, 1.82) is 0 Å². The van der Waals surface area contributed by atoms with Crippen LogP contribution in [0.5, 0.6) is 5.75 Å². The molecule has 148 valence electrons. The topological polar surface area (TPSA) is 97.1 Å². The molecule has 8 nitrogen and oxygen atoms in total. The van der Waals surface area contributed by atoms with E-state index in [-0.39, 0.29) is 12.3 Å². The number of amides is 1. The molecule has 0 saturated carbocycles. The minimum atomic E-state index is -0.475. The molecule has 0 atom stereocenters. The average Bonchev–Trinajstić information content (AvgIpc) is 2.60. The number of hydrogen-bond donors (Lipinski definition) is 1. The number of hydrogen-bond acceptors (Lipinski definition) is 6. The van der Waals surface area contributed by atoms with E-state index in [4.69, 9.17) is 4.74 Å². The molecule has 0 aliphatic heterocycles. The molecule has 2 rings (SSSR count). The number of nitrogens with one attached hydrogen (secondary N) is 1. The maximum Gasteiger partial charge on any atom is 0.293 e. The second kappa shape index (κ2) is 9.99. The van der Waals surface area contributed by atoms with E-state index in [1.54, 1.807) is 43.3 Å². The van der Waals surface area contributed by atoms with Gasteiger partial charge in [-0.3, -0.25) is 14.9 Å². The van der Waals surface area contributed by atoms with Gasteiger partial charge in [0.2, 0.25) is 0 Å². The molecule has 1 amide bonds. The molecule has 28 heavy (non-hydrogen) atoms. The molecule has 2 aromatic carbocycles. The number of nitro benzene ring substituents is 1. The summed E-state index contributed by atoms with van der Waals surface area (Å²) in [7, 11) is 3.44. The summed E-state index contributed by atoms with van der Waals surface area (Å²) in [6, 6.07) is 8.26. The molecule has 0 aromatic heterocycles. The SMILES string of the molecule is CN(C)c1ccc(/C=N\NC(=O)COc2c(Br)cc(Br)cc2Br)cc1[N+](=O)[O-]. The second-order valence-corrected chi connectivity index (χ2v) is 8.30. The quantitative estimate of drug-likeness (QED) is 0.297. The van der Waals surface area contributed by atoms with Crippen LogP contribution in [0.2, 0.25) is 0 Å². The molecule has 0 fully saturated rings. The molecule has 0 bridgehead atoms. The van der Waals surface area contributed by atoms with Gasteiger partial charge >= 0.3 is 0 Å². The highest BCUT2D eigenvalue weighted by Gasteiger charge is 2.15. The molecular weight excluding hydrogens is 564 g/mol.